The number of aromatic nitrogens is 2. The molecule has 1 unspecified atom stereocenters. The Morgan fingerprint density at radius 2 is 1.89 bits per heavy atom. The molecule has 1 amide bonds. The summed E-state index contributed by atoms with van der Waals surface area (Å²) in [6.07, 6.45) is 11.2. The first-order chi connectivity index (χ1) is 13.2. The predicted octanol–water partition coefficient (Wildman–Crippen LogP) is 3.28. The Hall–Kier alpha value is -1.62. The molecule has 5 heteroatoms. The van der Waals surface area contributed by atoms with Crippen LogP contribution in [0.5, 0.6) is 0 Å². The van der Waals surface area contributed by atoms with Gasteiger partial charge >= 0.3 is 0 Å². The van der Waals surface area contributed by atoms with Crippen LogP contribution >= 0.6 is 0 Å². The Balaban J connectivity index is 1.57. The van der Waals surface area contributed by atoms with Crippen molar-refractivity contribution in [2.45, 2.75) is 70.9 Å². The molecule has 1 aromatic rings. The first-order valence-corrected chi connectivity index (χ1v) is 10.9. The van der Waals surface area contributed by atoms with Gasteiger partial charge in [0.2, 0.25) is 0 Å². The summed E-state index contributed by atoms with van der Waals surface area (Å²) in [4.78, 5) is 17.9. The minimum absolute atomic E-state index is 0.154. The molecule has 0 spiro atoms. The molecule has 0 aromatic carbocycles. The number of piperidine rings is 2. The lowest BCUT2D eigenvalue weighted by atomic mass is 9.88. The van der Waals surface area contributed by atoms with Gasteiger partial charge in [-0.3, -0.25) is 9.48 Å². The van der Waals surface area contributed by atoms with E-state index in [1.807, 2.05) is 15.7 Å². The molecule has 27 heavy (non-hydrogen) atoms. The standard InChI is InChI=1S/C22H34N4O/c1-3-11-26-20-8-7-18(24-14-9-17(2)10-15-24)16-19(20)21(23-26)22(27)25-12-5-4-6-13-25/h3,17-18H,1,4-16H2,2H3. The van der Waals surface area contributed by atoms with E-state index in [4.69, 9.17) is 5.10 Å². The van der Waals surface area contributed by atoms with Crippen molar-refractivity contribution in [1.29, 1.82) is 0 Å². The second-order valence-corrected chi connectivity index (χ2v) is 8.71. The van der Waals surface area contributed by atoms with Crippen molar-refractivity contribution in [3.8, 4) is 0 Å². The minimum atomic E-state index is 0.154. The maximum absolute atomic E-state index is 13.2. The van der Waals surface area contributed by atoms with E-state index >= 15 is 0 Å². The molecule has 0 radical (unpaired) electrons. The molecule has 2 fully saturated rings. The van der Waals surface area contributed by atoms with E-state index in [9.17, 15) is 4.79 Å². The van der Waals surface area contributed by atoms with E-state index in [0.29, 0.717) is 12.6 Å². The van der Waals surface area contributed by atoms with Crippen LogP contribution in [-0.4, -0.2) is 57.7 Å². The third-order valence-electron chi connectivity index (χ3n) is 6.80. The van der Waals surface area contributed by atoms with E-state index in [1.54, 1.807) is 0 Å². The van der Waals surface area contributed by atoms with Crippen LogP contribution < -0.4 is 0 Å². The van der Waals surface area contributed by atoms with Gasteiger partial charge in [-0.2, -0.15) is 5.10 Å². The lowest BCUT2D eigenvalue weighted by molar-refractivity contribution is 0.0715. The average molecular weight is 371 g/mol. The van der Waals surface area contributed by atoms with Crippen molar-refractivity contribution < 1.29 is 4.79 Å². The Kier molecular flexibility index (Phi) is 5.67. The normalized spacial score (nSPS) is 24.6. The lowest BCUT2D eigenvalue weighted by Gasteiger charge is -2.38. The van der Waals surface area contributed by atoms with Crippen molar-refractivity contribution >= 4 is 5.91 Å². The summed E-state index contributed by atoms with van der Waals surface area (Å²) < 4.78 is 2.04. The van der Waals surface area contributed by atoms with Gasteiger partial charge in [0.1, 0.15) is 0 Å². The van der Waals surface area contributed by atoms with Crippen molar-refractivity contribution in [2.24, 2.45) is 5.92 Å². The summed E-state index contributed by atoms with van der Waals surface area (Å²) in [6, 6.07) is 0.569. The molecule has 1 aliphatic carbocycles. The number of rotatable bonds is 4. The van der Waals surface area contributed by atoms with E-state index in [1.165, 1.54) is 50.0 Å². The van der Waals surface area contributed by atoms with Gasteiger partial charge in [0.25, 0.3) is 5.91 Å². The molecule has 0 bridgehead atoms. The number of fused-ring (bicyclic) bond motifs is 1. The molecule has 1 aromatic heterocycles. The van der Waals surface area contributed by atoms with Gasteiger partial charge < -0.3 is 9.80 Å². The molecule has 2 aliphatic heterocycles. The zero-order valence-electron chi connectivity index (χ0n) is 16.8. The highest BCUT2D eigenvalue weighted by molar-refractivity contribution is 5.94. The molecule has 1 atom stereocenters. The highest BCUT2D eigenvalue weighted by Gasteiger charge is 2.34. The molecule has 2 saturated heterocycles. The zero-order chi connectivity index (χ0) is 18.8. The van der Waals surface area contributed by atoms with Crippen LogP contribution in [0.3, 0.4) is 0 Å². The number of likely N-dealkylation sites (tertiary alicyclic amines) is 2. The predicted molar refractivity (Wildman–Crippen MR) is 108 cm³/mol. The molecule has 3 heterocycles. The monoisotopic (exact) mass is 370 g/mol. The van der Waals surface area contributed by atoms with Gasteiger partial charge in [-0.25, -0.2) is 0 Å². The van der Waals surface area contributed by atoms with Crippen LogP contribution in [0, 0.1) is 5.92 Å². The number of hydrogen-bond acceptors (Lipinski definition) is 3. The number of allylic oxidation sites excluding steroid dienone is 1. The van der Waals surface area contributed by atoms with Crippen molar-refractivity contribution in [3.05, 3.63) is 29.6 Å². The van der Waals surface area contributed by atoms with Gasteiger partial charge in [-0.1, -0.05) is 13.0 Å². The third kappa shape index (κ3) is 3.84. The smallest absolute Gasteiger partial charge is 0.274 e. The van der Waals surface area contributed by atoms with E-state index < -0.39 is 0 Å². The van der Waals surface area contributed by atoms with Crippen LogP contribution in [0.2, 0.25) is 0 Å². The Morgan fingerprint density at radius 3 is 2.59 bits per heavy atom. The summed E-state index contributed by atoms with van der Waals surface area (Å²) in [6.45, 7) is 11.1. The Labute approximate surface area is 163 Å². The highest BCUT2D eigenvalue weighted by atomic mass is 16.2. The van der Waals surface area contributed by atoms with Gasteiger partial charge in [0, 0.05) is 30.4 Å². The number of amides is 1. The van der Waals surface area contributed by atoms with Crippen LogP contribution in [0.4, 0.5) is 0 Å². The summed E-state index contributed by atoms with van der Waals surface area (Å²) >= 11 is 0. The van der Waals surface area contributed by atoms with Gasteiger partial charge in [0.05, 0.1) is 6.54 Å². The summed E-state index contributed by atoms with van der Waals surface area (Å²) in [5.41, 5.74) is 3.23. The molecular weight excluding hydrogens is 336 g/mol. The topological polar surface area (TPSA) is 41.4 Å². The van der Waals surface area contributed by atoms with E-state index in [-0.39, 0.29) is 5.91 Å². The highest BCUT2D eigenvalue weighted by Crippen LogP contribution is 2.31. The molecular formula is C22H34N4O. The lowest BCUT2D eigenvalue weighted by Crippen LogP contribution is -2.44. The van der Waals surface area contributed by atoms with Crippen molar-refractivity contribution in [1.82, 2.24) is 19.6 Å². The van der Waals surface area contributed by atoms with Crippen LogP contribution in [0.1, 0.15) is 67.2 Å². The van der Waals surface area contributed by atoms with Crippen molar-refractivity contribution in [3.63, 3.8) is 0 Å². The summed E-state index contributed by atoms with van der Waals surface area (Å²) in [5, 5.41) is 4.78. The molecule has 5 nitrogen and oxygen atoms in total. The first-order valence-electron chi connectivity index (χ1n) is 10.9. The number of carbonyl (C=O) groups excluding carboxylic acids is 1. The molecule has 4 rings (SSSR count). The average Bonchev–Trinajstić information content (AvgIpc) is 3.07. The maximum atomic E-state index is 13.2. The molecule has 3 aliphatic rings. The van der Waals surface area contributed by atoms with Gasteiger partial charge in [0.15, 0.2) is 5.69 Å². The first kappa shape index (κ1) is 18.7. The summed E-state index contributed by atoms with van der Waals surface area (Å²) in [5.74, 6) is 1.01. The SMILES string of the molecule is C=CCn1nc(C(=O)N2CCCCC2)c2c1CCC(N1CCC(C)CC1)C2. The fourth-order valence-electron chi connectivity index (χ4n) is 5.07. The van der Waals surface area contributed by atoms with Crippen molar-refractivity contribution in [2.75, 3.05) is 26.2 Å². The third-order valence-corrected chi connectivity index (χ3v) is 6.80. The number of carbonyl (C=O) groups is 1. The molecule has 0 saturated carbocycles. The fourth-order valence-corrected chi connectivity index (χ4v) is 5.07. The van der Waals surface area contributed by atoms with Gasteiger partial charge in [-0.15, -0.1) is 6.58 Å². The second-order valence-electron chi connectivity index (χ2n) is 8.71. The Morgan fingerprint density at radius 1 is 1.15 bits per heavy atom. The largest absolute Gasteiger partial charge is 0.337 e. The second kappa shape index (κ2) is 8.17. The van der Waals surface area contributed by atoms with Gasteiger partial charge in [-0.05, 0) is 70.4 Å². The van der Waals surface area contributed by atoms with Crippen LogP contribution in [-0.2, 0) is 19.4 Å². The number of nitrogens with zero attached hydrogens (tertiary/aromatic N) is 4. The van der Waals surface area contributed by atoms with Crippen LogP contribution in [0.15, 0.2) is 12.7 Å². The molecule has 0 N–H and O–H groups in total. The van der Waals surface area contributed by atoms with E-state index in [0.717, 1.165) is 50.4 Å². The fraction of sp³-hybridized carbons (Fsp3) is 0.727. The Bertz CT molecular complexity index is 681. The number of hydrogen-bond donors (Lipinski definition) is 0. The summed E-state index contributed by atoms with van der Waals surface area (Å²) in [7, 11) is 0. The minimum Gasteiger partial charge on any atom is -0.337 e. The molecule has 148 valence electrons. The maximum Gasteiger partial charge on any atom is 0.274 e. The quantitative estimate of drug-likeness (QED) is 0.764. The van der Waals surface area contributed by atoms with Crippen LogP contribution in [0.25, 0.3) is 0 Å². The zero-order valence-corrected chi connectivity index (χ0v) is 16.8. The van der Waals surface area contributed by atoms with E-state index in [2.05, 4.69) is 18.4 Å².